The van der Waals surface area contributed by atoms with Crippen molar-refractivity contribution in [3.63, 3.8) is 0 Å². The van der Waals surface area contributed by atoms with Gasteiger partial charge in [-0.1, -0.05) is 25.5 Å². The van der Waals surface area contributed by atoms with Crippen molar-refractivity contribution >= 4 is 11.3 Å². The molecule has 1 atom stereocenters. The van der Waals surface area contributed by atoms with Crippen LogP contribution in [0, 0.1) is 6.92 Å². The summed E-state index contributed by atoms with van der Waals surface area (Å²) in [5, 5.41) is 0. The molecule has 0 aliphatic rings. The first-order chi connectivity index (χ1) is 9.22. The smallest absolute Gasteiger partial charge is 0.145 e. The Bertz CT molecular complexity index is 504. The fourth-order valence-electron chi connectivity index (χ4n) is 2.04. The highest BCUT2D eigenvalue weighted by atomic mass is 32.1. The van der Waals surface area contributed by atoms with Gasteiger partial charge in [0.25, 0.3) is 0 Å². The molecule has 2 N–H and O–H groups in total. The highest BCUT2D eigenvalue weighted by molar-refractivity contribution is 7.12. The Hall–Kier alpha value is -1.32. The molecular formula is C16H21NOS. The maximum absolute atomic E-state index is 5.98. The van der Waals surface area contributed by atoms with Crippen molar-refractivity contribution in [2.75, 3.05) is 6.54 Å². The van der Waals surface area contributed by atoms with Crippen LogP contribution in [0.15, 0.2) is 36.4 Å². The van der Waals surface area contributed by atoms with E-state index in [1.165, 1.54) is 21.7 Å². The third kappa shape index (κ3) is 3.82. The Balaban J connectivity index is 2.05. The Morgan fingerprint density at radius 3 is 2.42 bits per heavy atom. The molecule has 0 fully saturated rings. The average Bonchev–Trinajstić information content (AvgIpc) is 2.85. The number of aryl methyl sites for hydroxylation is 2. The summed E-state index contributed by atoms with van der Waals surface area (Å²) in [6.45, 7) is 4.78. The van der Waals surface area contributed by atoms with E-state index in [-0.39, 0.29) is 6.10 Å². The molecule has 0 aliphatic carbocycles. The second-order valence-electron chi connectivity index (χ2n) is 4.68. The van der Waals surface area contributed by atoms with E-state index in [2.05, 4.69) is 38.1 Å². The van der Waals surface area contributed by atoms with Crippen LogP contribution in [-0.2, 0) is 6.42 Å². The molecule has 1 heterocycles. The molecule has 19 heavy (non-hydrogen) atoms. The van der Waals surface area contributed by atoms with E-state index in [9.17, 15) is 0 Å². The number of ether oxygens (including phenoxy) is 1. The minimum Gasteiger partial charge on any atom is -0.484 e. The molecule has 1 unspecified atom stereocenters. The molecule has 0 amide bonds. The van der Waals surface area contributed by atoms with Gasteiger partial charge in [0.2, 0.25) is 0 Å². The summed E-state index contributed by atoms with van der Waals surface area (Å²) in [5.74, 6) is 0.890. The van der Waals surface area contributed by atoms with Gasteiger partial charge in [0.05, 0.1) is 0 Å². The summed E-state index contributed by atoms with van der Waals surface area (Å²) < 4.78 is 5.98. The number of nitrogens with two attached hydrogens (primary N) is 1. The fraction of sp³-hybridized carbons (Fsp3) is 0.375. The molecule has 2 rings (SSSR count). The summed E-state index contributed by atoms with van der Waals surface area (Å²) in [4.78, 5) is 2.48. The molecule has 1 aromatic carbocycles. The van der Waals surface area contributed by atoms with Gasteiger partial charge in [-0.3, -0.25) is 0 Å². The largest absolute Gasteiger partial charge is 0.484 e. The normalized spacial score (nSPS) is 12.4. The van der Waals surface area contributed by atoms with Crippen LogP contribution in [0.25, 0.3) is 0 Å². The standard InChI is InChI=1S/C16H21NOS/c1-3-4-13-6-8-14(9-7-13)18-15(11-17)16-10-5-12(2)19-16/h5-10,15H,3-4,11,17H2,1-2H3. The fourth-order valence-corrected chi connectivity index (χ4v) is 2.96. The quantitative estimate of drug-likeness (QED) is 0.862. The first kappa shape index (κ1) is 14.1. The van der Waals surface area contributed by atoms with Crippen LogP contribution in [0.2, 0.25) is 0 Å². The molecule has 0 radical (unpaired) electrons. The van der Waals surface area contributed by atoms with Crippen molar-refractivity contribution in [1.29, 1.82) is 0 Å². The molecule has 0 saturated heterocycles. The van der Waals surface area contributed by atoms with E-state index in [1.807, 2.05) is 12.1 Å². The van der Waals surface area contributed by atoms with Gasteiger partial charge in [-0.05, 0) is 43.2 Å². The maximum atomic E-state index is 5.98. The molecule has 3 heteroatoms. The third-order valence-electron chi connectivity index (χ3n) is 3.03. The number of hydrogen-bond donors (Lipinski definition) is 1. The Morgan fingerprint density at radius 2 is 1.89 bits per heavy atom. The van der Waals surface area contributed by atoms with Gasteiger partial charge in [-0.15, -0.1) is 11.3 Å². The van der Waals surface area contributed by atoms with Gasteiger partial charge in [-0.25, -0.2) is 0 Å². The van der Waals surface area contributed by atoms with Gasteiger partial charge in [-0.2, -0.15) is 0 Å². The highest BCUT2D eigenvalue weighted by Gasteiger charge is 2.13. The van der Waals surface area contributed by atoms with E-state index in [4.69, 9.17) is 10.5 Å². The van der Waals surface area contributed by atoms with Crippen molar-refractivity contribution in [3.05, 3.63) is 51.7 Å². The molecule has 0 bridgehead atoms. The lowest BCUT2D eigenvalue weighted by molar-refractivity contribution is 0.218. The summed E-state index contributed by atoms with van der Waals surface area (Å²) in [6, 6.07) is 12.5. The molecule has 0 spiro atoms. The van der Waals surface area contributed by atoms with Crippen molar-refractivity contribution in [2.45, 2.75) is 32.8 Å². The number of benzene rings is 1. The highest BCUT2D eigenvalue weighted by Crippen LogP contribution is 2.27. The van der Waals surface area contributed by atoms with E-state index in [0.29, 0.717) is 6.54 Å². The zero-order chi connectivity index (χ0) is 13.7. The summed E-state index contributed by atoms with van der Waals surface area (Å²) in [6.07, 6.45) is 2.24. The summed E-state index contributed by atoms with van der Waals surface area (Å²) >= 11 is 1.75. The Labute approximate surface area is 119 Å². The van der Waals surface area contributed by atoms with Gasteiger partial charge in [0, 0.05) is 16.3 Å². The average molecular weight is 275 g/mol. The topological polar surface area (TPSA) is 35.2 Å². The van der Waals surface area contributed by atoms with Gasteiger partial charge >= 0.3 is 0 Å². The molecule has 1 aromatic heterocycles. The predicted octanol–water partition coefficient (Wildman–Crippen LogP) is 4.09. The van der Waals surface area contributed by atoms with Crippen molar-refractivity contribution in [1.82, 2.24) is 0 Å². The van der Waals surface area contributed by atoms with Gasteiger partial charge in [0.1, 0.15) is 11.9 Å². The SMILES string of the molecule is CCCc1ccc(OC(CN)c2ccc(C)s2)cc1. The van der Waals surface area contributed by atoms with Crippen LogP contribution in [0.3, 0.4) is 0 Å². The first-order valence-corrected chi connectivity index (χ1v) is 7.56. The van der Waals surface area contributed by atoms with E-state index >= 15 is 0 Å². The molecule has 102 valence electrons. The van der Waals surface area contributed by atoms with Gasteiger partial charge < -0.3 is 10.5 Å². The van der Waals surface area contributed by atoms with Crippen LogP contribution in [0.4, 0.5) is 0 Å². The molecule has 0 aliphatic heterocycles. The maximum Gasteiger partial charge on any atom is 0.145 e. The van der Waals surface area contributed by atoms with E-state index in [0.717, 1.165) is 12.2 Å². The zero-order valence-corrected chi connectivity index (χ0v) is 12.4. The number of rotatable bonds is 6. The Kier molecular flexibility index (Phi) is 5.00. The molecule has 0 saturated carbocycles. The van der Waals surface area contributed by atoms with Crippen LogP contribution in [-0.4, -0.2) is 6.54 Å². The summed E-state index contributed by atoms with van der Waals surface area (Å²) in [7, 11) is 0. The lowest BCUT2D eigenvalue weighted by Crippen LogP contribution is -2.17. The minimum absolute atomic E-state index is 0.0456. The van der Waals surface area contributed by atoms with Crippen molar-refractivity contribution < 1.29 is 4.74 Å². The van der Waals surface area contributed by atoms with Crippen LogP contribution in [0.5, 0.6) is 5.75 Å². The number of hydrogen-bond acceptors (Lipinski definition) is 3. The second kappa shape index (κ2) is 6.73. The van der Waals surface area contributed by atoms with E-state index < -0.39 is 0 Å². The lowest BCUT2D eigenvalue weighted by Gasteiger charge is -2.16. The van der Waals surface area contributed by atoms with E-state index in [1.54, 1.807) is 11.3 Å². The summed E-state index contributed by atoms with van der Waals surface area (Å²) in [5.41, 5.74) is 7.17. The molecular weight excluding hydrogens is 254 g/mol. The molecule has 2 nitrogen and oxygen atoms in total. The monoisotopic (exact) mass is 275 g/mol. The predicted molar refractivity (Wildman–Crippen MR) is 81.9 cm³/mol. The number of thiophene rings is 1. The Morgan fingerprint density at radius 1 is 1.16 bits per heavy atom. The minimum atomic E-state index is -0.0456. The van der Waals surface area contributed by atoms with Crippen LogP contribution < -0.4 is 10.5 Å². The van der Waals surface area contributed by atoms with Crippen molar-refractivity contribution in [3.8, 4) is 5.75 Å². The van der Waals surface area contributed by atoms with Crippen LogP contribution in [0.1, 0.15) is 34.8 Å². The first-order valence-electron chi connectivity index (χ1n) is 6.75. The third-order valence-corrected chi connectivity index (χ3v) is 4.13. The zero-order valence-electron chi connectivity index (χ0n) is 11.6. The van der Waals surface area contributed by atoms with Gasteiger partial charge in [0.15, 0.2) is 0 Å². The second-order valence-corrected chi connectivity index (χ2v) is 6.00. The lowest BCUT2D eigenvalue weighted by atomic mass is 10.1. The van der Waals surface area contributed by atoms with Crippen molar-refractivity contribution in [2.24, 2.45) is 5.73 Å². The molecule has 2 aromatic rings. The van der Waals surface area contributed by atoms with Crippen LogP contribution >= 0.6 is 11.3 Å².